The molecule has 0 saturated carbocycles. The van der Waals surface area contributed by atoms with Gasteiger partial charge in [0.2, 0.25) is 0 Å². The van der Waals surface area contributed by atoms with E-state index in [1.807, 2.05) is 0 Å². The van der Waals surface area contributed by atoms with Crippen LogP contribution in [-0.4, -0.2) is 96.7 Å². The number of ether oxygens (including phenoxy) is 4. The van der Waals surface area contributed by atoms with Crippen LogP contribution in [0.3, 0.4) is 0 Å². The van der Waals surface area contributed by atoms with Crippen molar-refractivity contribution in [1.29, 1.82) is 0 Å². The first kappa shape index (κ1) is 94.1. The van der Waals surface area contributed by atoms with E-state index >= 15 is 0 Å². The van der Waals surface area contributed by atoms with Crippen LogP contribution in [0.1, 0.15) is 401 Å². The summed E-state index contributed by atoms with van der Waals surface area (Å²) in [7, 11) is -9.91. The maximum absolute atomic E-state index is 13.1. The second-order valence-corrected chi connectivity index (χ2v) is 31.6. The monoisotopic (exact) mass is 1410 g/mol. The van der Waals surface area contributed by atoms with Gasteiger partial charge in [-0.3, -0.25) is 37.3 Å². The van der Waals surface area contributed by atoms with E-state index in [0.717, 1.165) is 102 Å². The van der Waals surface area contributed by atoms with Crippen LogP contribution in [-0.2, 0) is 65.4 Å². The number of aliphatic hydroxyl groups is 1. The first-order valence-electron chi connectivity index (χ1n) is 40.0. The molecule has 5 atom stereocenters. The second kappa shape index (κ2) is 68.8. The van der Waals surface area contributed by atoms with Gasteiger partial charge in [0.1, 0.15) is 19.3 Å². The number of unbranched alkanes of at least 4 members (excludes halogenated alkanes) is 46. The van der Waals surface area contributed by atoms with Crippen LogP contribution in [0.25, 0.3) is 0 Å². The lowest BCUT2D eigenvalue weighted by molar-refractivity contribution is -0.161. The molecule has 0 bridgehead atoms. The Hall–Kier alpha value is -1.94. The Labute approximate surface area is 588 Å². The highest BCUT2D eigenvalue weighted by molar-refractivity contribution is 7.47. The molecule has 0 spiro atoms. The van der Waals surface area contributed by atoms with Gasteiger partial charge < -0.3 is 33.8 Å². The van der Waals surface area contributed by atoms with Gasteiger partial charge in [-0.25, -0.2) is 9.13 Å². The van der Waals surface area contributed by atoms with Crippen molar-refractivity contribution in [2.24, 2.45) is 11.8 Å². The normalized spacial score (nSPS) is 14.0. The first-order valence-corrected chi connectivity index (χ1v) is 43.0. The Bertz CT molecular complexity index is 1860. The minimum Gasteiger partial charge on any atom is -0.462 e. The number of hydrogen-bond donors (Lipinski definition) is 3. The summed E-state index contributed by atoms with van der Waals surface area (Å²) in [4.78, 5) is 72.8. The predicted molar refractivity (Wildman–Crippen MR) is 391 cm³/mol. The largest absolute Gasteiger partial charge is 0.472 e. The van der Waals surface area contributed by atoms with Crippen LogP contribution < -0.4 is 0 Å². The summed E-state index contributed by atoms with van der Waals surface area (Å²) in [5, 5.41) is 10.6. The van der Waals surface area contributed by atoms with E-state index in [0.29, 0.717) is 25.7 Å². The van der Waals surface area contributed by atoms with Crippen LogP contribution in [0.5, 0.6) is 0 Å². The van der Waals surface area contributed by atoms with Gasteiger partial charge in [-0.05, 0) is 37.5 Å². The fourth-order valence-electron chi connectivity index (χ4n) is 11.8. The number of rotatable bonds is 76. The smallest absolute Gasteiger partial charge is 0.462 e. The van der Waals surface area contributed by atoms with Gasteiger partial charge in [0, 0.05) is 25.7 Å². The Morgan fingerprint density at radius 3 is 0.708 bits per heavy atom. The molecule has 0 saturated heterocycles. The van der Waals surface area contributed by atoms with E-state index in [2.05, 4.69) is 41.5 Å². The van der Waals surface area contributed by atoms with Crippen LogP contribution in [0, 0.1) is 11.8 Å². The minimum atomic E-state index is -4.96. The predicted octanol–water partition coefficient (Wildman–Crippen LogP) is 22.7. The van der Waals surface area contributed by atoms with Crippen LogP contribution in [0.15, 0.2) is 0 Å². The van der Waals surface area contributed by atoms with E-state index < -0.39 is 97.5 Å². The summed E-state index contributed by atoms with van der Waals surface area (Å²) < 4.78 is 68.6. The molecule has 570 valence electrons. The van der Waals surface area contributed by atoms with Gasteiger partial charge in [0.25, 0.3) is 0 Å². The number of esters is 4. The third kappa shape index (κ3) is 70.5. The van der Waals surface area contributed by atoms with Gasteiger partial charge >= 0.3 is 39.5 Å². The highest BCUT2D eigenvalue weighted by atomic mass is 31.2. The van der Waals surface area contributed by atoms with Crippen molar-refractivity contribution in [3.05, 3.63) is 0 Å². The van der Waals surface area contributed by atoms with Crippen LogP contribution in [0.2, 0.25) is 0 Å². The third-order valence-electron chi connectivity index (χ3n) is 18.0. The van der Waals surface area contributed by atoms with Crippen molar-refractivity contribution in [3.8, 4) is 0 Å². The Kier molecular flexibility index (Phi) is 67.4. The van der Waals surface area contributed by atoms with Crippen molar-refractivity contribution in [3.63, 3.8) is 0 Å². The molecule has 0 aromatic carbocycles. The average molecular weight is 1410 g/mol. The second-order valence-electron chi connectivity index (χ2n) is 28.7. The molecule has 19 heteroatoms. The zero-order chi connectivity index (χ0) is 70.7. The molecule has 0 amide bonds. The number of carbonyl (C=O) groups excluding carboxylic acids is 4. The number of carbonyl (C=O) groups is 4. The maximum Gasteiger partial charge on any atom is 0.472 e. The van der Waals surface area contributed by atoms with Gasteiger partial charge in [0.15, 0.2) is 12.2 Å². The highest BCUT2D eigenvalue weighted by Gasteiger charge is 2.30. The fraction of sp³-hybridized carbons (Fsp3) is 0.948. The number of hydrogen-bond acceptors (Lipinski definition) is 15. The molecular formula is C77H150O17P2. The Morgan fingerprint density at radius 2 is 0.479 bits per heavy atom. The Morgan fingerprint density at radius 1 is 0.281 bits per heavy atom. The fourth-order valence-corrected chi connectivity index (χ4v) is 13.4. The lowest BCUT2D eigenvalue weighted by Crippen LogP contribution is -2.30. The zero-order valence-corrected chi connectivity index (χ0v) is 64.5. The van der Waals surface area contributed by atoms with E-state index in [1.165, 1.54) is 218 Å². The van der Waals surface area contributed by atoms with Crippen molar-refractivity contribution < 1.29 is 80.2 Å². The number of phosphoric acid groups is 2. The molecule has 3 N–H and O–H groups in total. The molecule has 0 aliphatic heterocycles. The molecule has 0 aromatic rings. The molecule has 0 aromatic heterocycles. The van der Waals surface area contributed by atoms with Crippen molar-refractivity contribution in [1.82, 2.24) is 0 Å². The number of phosphoric ester groups is 2. The third-order valence-corrected chi connectivity index (χ3v) is 19.9. The van der Waals surface area contributed by atoms with Gasteiger partial charge in [-0.15, -0.1) is 0 Å². The molecular weight excluding hydrogens is 1260 g/mol. The topological polar surface area (TPSA) is 237 Å². The summed E-state index contributed by atoms with van der Waals surface area (Å²) >= 11 is 0. The van der Waals surface area contributed by atoms with Gasteiger partial charge in [-0.2, -0.15) is 0 Å². The lowest BCUT2D eigenvalue weighted by Gasteiger charge is -2.21. The minimum absolute atomic E-state index is 0.104. The molecule has 0 aliphatic carbocycles. The summed E-state index contributed by atoms with van der Waals surface area (Å²) in [6.07, 6.45) is 57.0. The lowest BCUT2D eigenvalue weighted by atomic mass is 10.0. The first-order chi connectivity index (χ1) is 46.4. The van der Waals surface area contributed by atoms with Crippen molar-refractivity contribution in [2.45, 2.75) is 419 Å². The van der Waals surface area contributed by atoms with E-state index in [4.69, 9.17) is 37.0 Å². The number of aliphatic hydroxyl groups excluding tert-OH is 1. The molecule has 0 aliphatic rings. The molecule has 0 radical (unpaired) electrons. The molecule has 96 heavy (non-hydrogen) atoms. The molecule has 2 unspecified atom stereocenters. The van der Waals surface area contributed by atoms with Crippen LogP contribution in [0.4, 0.5) is 0 Å². The Balaban J connectivity index is 5.24. The summed E-state index contributed by atoms with van der Waals surface area (Å²) in [5.41, 5.74) is 0. The molecule has 0 heterocycles. The summed E-state index contributed by atoms with van der Waals surface area (Å²) in [5.74, 6) is -0.671. The maximum atomic E-state index is 13.1. The summed E-state index contributed by atoms with van der Waals surface area (Å²) in [6.45, 7) is 9.53. The molecule has 0 fully saturated rings. The average Bonchev–Trinajstić information content (AvgIpc) is 1.14. The zero-order valence-electron chi connectivity index (χ0n) is 62.7. The van der Waals surface area contributed by atoms with Crippen LogP contribution >= 0.6 is 15.6 Å². The highest BCUT2D eigenvalue weighted by Crippen LogP contribution is 2.45. The molecule has 17 nitrogen and oxygen atoms in total. The van der Waals surface area contributed by atoms with Gasteiger partial charge in [-0.1, -0.05) is 350 Å². The standard InChI is InChI=1S/C77H150O17P2/c1-7-9-11-13-15-17-19-21-23-25-26-28-30-32-34-43-49-55-61-76(81)93-72(65-87-74(79)59-53-47-41-33-31-29-27-24-22-20-18-16-14-12-10-8-2)67-91-95(83,84)89-63-71(78)64-90-96(85,86)92-68-73(94-77(82)62-56-50-44-38-36-40-46-52-58-70(5)6)66-88-75(80)60-54-48-42-37-35-39-45-51-57-69(3)4/h69-73,78H,7-68H2,1-6H3,(H,83,84)(H,85,86)/t71-,72-,73-/m1/s1. The van der Waals surface area contributed by atoms with E-state index in [-0.39, 0.29) is 25.7 Å². The van der Waals surface area contributed by atoms with E-state index in [1.54, 1.807) is 0 Å². The SMILES string of the molecule is CCCCCCCCCCCCCCCCCCCCC(=O)O[C@H](COC(=O)CCCCCCCCCCCCCCCCCC)COP(=O)(O)OC[C@@H](O)COP(=O)(O)OC[C@@H](COC(=O)CCCCCCCCCCC(C)C)OC(=O)CCCCCCCCCCC(C)C. The van der Waals surface area contributed by atoms with Crippen molar-refractivity contribution >= 4 is 39.5 Å². The van der Waals surface area contributed by atoms with Gasteiger partial charge in [0.05, 0.1) is 26.4 Å². The van der Waals surface area contributed by atoms with Crippen molar-refractivity contribution in [2.75, 3.05) is 39.6 Å². The quantitative estimate of drug-likeness (QED) is 0.0222. The van der Waals surface area contributed by atoms with E-state index in [9.17, 15) is 43.2 Å². The molecule has 0 rings (SSSR count). The summed E-state index contributed by atoms with van der Waals surface area (Å²) in [6, 6.07) is 0.